The van der Waals surface area contributed by atoms with E-state index in [1.807, 2.05) is 13.0 Å². The molecule has 0 aromatic heterocycles. The molecule has 0 amide bonds. The molecule has 19 heavy (non-hydrogen) atoms. The van der Waals surface area contributed by atoms with E-state index in [0.717, 1.165) is 6.42 Å². The molecule has 0 spiro atoms. The van der Waals surface area contributed by atoms with Gasteiger partial charge in [-0.1, -0.05) is 19.6 Å². The van der Waals surface area contributed by atoms with Gasteiger partial charge in [-0.25, -0.2) is 4.79 Å². The lowest BCUT2D eigenvalue weighted by molar-refractivity contribution is -0.155. The second-order valence-electron chi connectivity index (χ2n) is 6.17. The minimum absolute atomic E-state index is 0.156. The van der Waals surface area contributed by atoms with Crippen molar-refractivity contribution in [3.05, 3.63) is 24.8 Å². The summed E-state index contributed by atoms with van der Waals surface area (Å²) in [6.07, 6.45) is 2.89. The third-order valence-electron chi connectivity index (χ3n) is 4.92. The molecule has 0 aromatic carbocycles. The van der Waals surface area contributed by atoms with E-state index in [2.05, 4.69) is 13.2 Å². The number of aliphatic hydroxyl groups excluding tert-OH is 1. The summed E-state index contributed by atoms with van der Waals surface area (Å²) in [5.41, 5.74) is -1.09. The van der Waals surface area contributed by atoms with Gasteiger partial charge in [-0.2, -0.15) is 0 Å². The Hall–Kier alpha value is -1.13. The summed E-state index contributed by atoms with van der Waals surface area (Å²) in [7, 11) is 0. The lowest BCUT2D eigenvalue weighted by atomic mass is 9.59. The third kappa shape index (κ3) is 1.94. The lowest BCUT2D eigenvalue weighted by Gasteiger charge is -2.46. The number of hydrogen-bond acceptors (Lipinski definition) is 4. The third-order valence-corrected chi connectivity index (χ3v) is 4.92. The fourth-order valence-corrected chi connectivity index (χ4v) is 3.57. The predicted molar refractivity (Wildman–Crippen MR) is 71.2 cm³/mol. The average Bonchev–Trinajstić information content (AvgIpc) is 2.59. The zero-order chi connectivity index (χ0) is 14.4. The number of ether oxygens (including phenoxy) is 1. The first kappa shape index (κ1) is 14.3. The topological polar surface area (TPSA) is 66.8 Å². The summed E-state index contributed by atoms with van der Waals surface area (Å²) in [6, 6.07) is 0. The normalized spacial score (nSPS) is 45.5. The van der Waals surface area contributed by atoms with Gasteiger partial charge in [-0.05, 0) is 30.8 Å². The van der Waals surface area contributed by atoms with E-state index >= 15 is 0 Å². The number of fused-ring (bicyclic) bond motifs is 1. The summed E-state index contributed by atoms with van der Waals surface area (Å²) in [6.45, 7) is 11.2. The molecule has 1 aliphatic carbocycles. The van der Waals surface area contributed by atoms with Crippen LogP contribution in [0, 0.1) is 17.3 Å². The van der Waals surface area contributed by atoms with Gasteiger partial charge < -0.3 is 14.9 Å². The summed E-state index contributed by atoms with van der Waals surface area (Å²) >= 11 is 0. The first-order chi connectivity index (χ1) is 8.78. The highest BCUT2D eigenvalue weighted by atomic mass is 16.6. The van der Waals surface area contributed by atoms with E-state index in [1.165, 1.54) is 6.92 Å². The van der Waals surface area contributed by atoms with Crippen LogP contribution < -0.4 is 0 Å². The maximum absolute atomic E-state index is 11.8. The van der Waals surface area contributed by atoms with Gasteiger partial charge in [0.25, 0.3) is 0 Å². The summed E-state index contributed by atoms with van der Waals surface area (Å²) in [4.78, 5) is 11.8. The van der Waals surface area contributed by atoms with E-state index in [-0.39, 0.29) is 23.9 Å². The second kappa shape index (κ2) is 4.46. The van der Waals surface area contributed by atoms with E-state index in [0.29, 0.717) is 12.0 Å². The molecular weight excluding hydrogens is 244 g/mol. The molecule has 106 valence electrons. The van der Waals surface area contributed by atoms with Crippen molar-refractivity contribution in [2.75, 3.05) is 6.61 Å². The molecule has 1 saturated heterocycles. The molecule has 1 heterocycles. The number of esters is 1. The smallest absolute Gasteiger partial charge is 0.338 e. The van der Waals surface area contributed by atoms with Crippen LogP contribution in [0.5, 0.6) is 0 Å². The second-order valence-corrected chi connectivity index (χ2v) is 6.17. The predicted octanol–water partition coefficient (Wildman–Crippen LogP) is 1.43. The molecule has 2 rings (SSSR count). The van der Waals surface area contributed by atoms with Crippen LogP contribution in [-0.2, 0) is 9.53 Å². The maximum atomic E-state index is 11.8. The van der Waals surface area contributed by atoms with Crippen molar-refractivity contribution in [3.63, 3.8) is 0 Å². The van der Waals surface area contributed by atoms with Gasteiger partial charge in [0.2, 0.25) is 0 Å². The Morgan fingerprint density at radius 1 is 1.58 bits per heavy atom. The molecule has 5 unspecified atom stereocenters. The Labute approximate surface area is 113 Å². The molecule has 4 nitrogen and oxygen atoms in total. The maximum Gasteiger partial charge on any atom is 0.338 e. The van der Waals surface area contributed by atoms with Crippen molar-refractivity contribution in [3.8, 4) is 0 Å². The Morgan fingerprint density at radius 2 is 2.21 bits per heavy atom. The van der Waals surface area contributed by atoms with Crippen molar-refractivity contribution < 1.29 is 19.7 Å². The van der Waals surface area contributed by atoms with Crippen molar-refractivity contribution in [2.45, 2.75) is 38.4 Å². The van der Waals surface area contributed by atoms with Gasteiger partial charge in [-0.15, -0.1) is 6.58 Å². The molecular formula is C15H22O4. The van der Waals surface area contributed by atoms with E-state index in [1.54, 1.807) is 0 Å². The fraction of sp³-hybridized carbons (Fsp3) is 0.667. The van der Waals surface area contributed by atoms with Crippen LogP contribution in [-0.4, -0.2) is 34.5 Å². The van der Waals surface area contributed by atoms with E-state index in [9.17, 15) is 15.0 Å². The Morgan fingerprint density at radius 3 is 2.74 bits per heavy atom. The van der Waals surface area contributed by atoms with E-state index in [4.69, 9.17) is 4.74 Å². The quantitative estimate of drug-likeness (QED) is 0.599. The Bertz CT molecular complexity index is 426. The van der Waals surface area contributed by atoms with Crippen molar-refractivity contribution in [1.29, 1.82) is 0 Å². The van der Waals surface area contributed by atoms with Gasteiger partial charge >= 0.3 is 5.97 Å². The first-order valence-electron chi connectivity index (χ1n) is 6.63. The zero-order valence-electron chi connectivity index (χ0n) is 11.6. The molecule has 1 saturated carbocycles. The van der Waals surface area contributed by atoms with Crippen LogP contribution in [0.4, 0.5) is 0 Å². The standard InChI is InChI=1S/C15H22O4/c1-5-14(3)7-6-10-12(11(14)9(2)8-16)19-13(17)15(10,4)18/h5,10-12,16,18H,1-2,6-8H2,3-4H3. The molecule has 5 atom stereocenters. The summed E-state index contributed by atoms with van der Waals surface area (Å²) in [5, 5.41) is 19.7. The molecule has 0 bridgehead atoms. The number of allylic oxidation sites excluding steroid dienone is 1. The summed E-state index contributed by atoms with van der Waals surface area (Å²) < 4.78 is 5.40. The molecule has 2 N–H and O–H groups in total. The van der Waals surface area contributed by atoms with E-state index < -0.39 is 17.7 Å². The highest BCUT2D eigenvalue weighted by Gasteiger charge is 2.60. The Kier molecular flexibility index (Phi) is 3.35. The number of aliphatic hydroxyl groups is 2. The molecule has 0 aromatic rings. The van der Waals surface area contributed by atoms with Gasteiger partial charge in [0.1, 0.15) is 6.10 Å². The SMILES string of the molecule is C=CC1(C)CCC2C(OC(=O)C2(C)O)C1C(=C)CO. The van der Waals surface area contributed by atoms with Crippen molar-refractivity contribution in [1.82, 2.24) is 0 Å². The fourth-order valence-electron chi connectivity index (χ4n) is 3.57. The summed E-state index contributed by atoms with van der Waals surface area (Å²) in [5.74, 6) is -1.03. The van der Waals surface area contributed by atoms with Crippen molar-refractivity contribution in [2.24, 2.45) is 17.3 Å². The molecule has 4 heteroatoms. The number of rotatable bonds is 3. The van der Waals surface area contributed by atoms with Crippen LogP contribution in [0.3, 0.4) is 0 Å². The molecule has 2 fully saturated rings. The first-order valence-corrected chi connectivity index (χ1v) is 6.63. The van der Waals surface area contributed by atoms with Crippen LogP contribution in [0.1, 0.15) is 26.7 Å². The Balaban J connectivity index is 2.42. The monoisotopic (exact) mass is 266 g/mol. The van der Waals surface area contributed by atoms with Gasteiger partial charge in [0, 0.05) is 11.8 Å². The van der Waals surface area contributed by atoms with Crippen LogP contribution in [0.25, 0.3) is 0 Å². The van der Waals surface area contributed by atoms with Crippen LogP contribution in [0.15, 0.2) is 24.8 Å². The van der Waals surface area contributed by atoms with Gasteiger partial charge in [0.15, 0.2) is 5.60 Å². The largest absolute Gasteiger partial charge is 0.459 e. The van der Waals surface area contributed by atoms with Gasteiger partial charge in [0.05, 0.1) is 6.61 Å². The molecule has 0 radical (unpaired) electrons. The van der Waals surface area contributed by atoms with Crippen LogP contribution in [0.2, 0.25) is 0 Å². The zero-order valence-corrected chi connectivity index (χ0v) is 11.6. The minimum atomic E-state index is -1.44. The number of carbonyl (C=O) groups is 1. The average molecular weight is 266 g/mol. The minimum Gasteiger partial charge on any atom is -0.459 e. The number of carbonyl (C=O) groups excluding carboxylic acids is 1. The highest BCUT2D eigenvalue weighted by Crippen LogP contribution is 2.53. The van der Waals surface area contributed by atoms with Gasteiger partial charge in [-0.3, -0.25) is 0 Å². The van der Waals surface area contributed by atoms with Crippen LogP contribution >= 0.6 is 0 Å². The molecule has 2 aliphatic rings. The van der Waals surface area contributed by atoms with Crippen molar-refractivity contribution >= 4 is 5.97 Å². The molecule has 1 aliphatic heterocycles. The highest BCUT2D eigenvalue weighted by molar-refractivity contribution is 5.82. The number of hydrogen-bond donors (Lipinski definition) is 2. The lowest BCUT2D eigenvalue weighted by Crippen LogP contribution is -2.48.